The number of para-hydroxylation sites is 2. The molecule has 0 atom stereocenters. The highest BCUT2D eigenvalue weighted by Crippen LogP contribution is 2.22. The molecule has 3 rings (SSSR count). The lowest BCUT2D eigenvalue weighted by atomic mass is 10.1. The molecule has 4 nitrogen and oxygen atoms in total. The monoisotopic (exact) mass is 292 g/mol. The van der Waals surface area contributed by atoms with Gasteiger partial charge in [0, 0.05) is 6.08 Å². The van der Waals surface area contributed by atoms with Gasteiger partial charge in [-0.05, 0) is 24.6 Å². The number of imidazole rings is 1. The van der Waals surface area contributed by atoms with Crippen LogP contribution in [0.25, 0.3) is 16.7 Å². The predicted molar refractivity (Wildman–Crippen MR) is 86.2 cm³/mol. The van der Waals surface area contributed by atoms with Crippen LogP contribution in [0.15, 0.2) is 67.0 Å². The molecule has 1 aromatic heterocycles. The lowest BCUT2D eigenvalue weighted by Crippen LogP contribution is -2.05. The Kier molecular flexibility index (Phi) is 4.01. The highest BCUT2D eigenvalue weighted by atomic mass is 16.5. The molecule has 2 aromatic carbocycles. The molecule has 1 heterocycles. The Morgan fingerprint density at radius 1 is 1.14 bits per heavy atom. The first-order valence-electron chi connectivity index (χ1n) is 7.16. The Hall–Kier alpha value is -2.88. The van der Waals surface area contributed by atoms with Gasteiger partial charge >= 0.3 is 5.97 Å². The van der Waals surface area contributed by atoms with E-state index < -0.39 is 0 Å². The molecule has 0 amide bonds. The minimum absolute atomic E-state index is 0.349. The Morgan fingerprint density at radius 3 is 2.64 bits per heavy atom. The number of aromatic nitrogens is 2. The molecule has 3 aromatic rings. The summed E-state index contributed by atoms with van der Waals surface area (Å²) in [6.07, 6.45) is 3.23. The van der Waals surface area contributed by atoms with Crippen molar-refractivity contribution >= 4 is 22.7 Å². The number of carbonyl (C=O) groups is 1. The van der Waals surface area contributed by atoms with Gasteiger partial charge in [-0.2, -0.15) is 0 Å². The summed E-state index contributed by atoms with van der Waals surface area (Å²) < 4.78 is 6.96. The zero-order valence-corrected chi connectivity index (χ0v) is 12.3. The van der Waals surface area contributed by atoms with Gasteiger partial charge < -0.3 is 4.74 Å². The van der Waals surface area contributed by atoms with E-state index in [0.29, 0.717) is 6.61 Å². The topological polar surface area (TPSA) is 44.1 Å². The van der Waals surface area contributed by atoms with Crippen LogP contribution in [-0.2, 0) is 9.53 Å². The molecule has 0 bridgehead atoms. The molecule has 0 spiro atoms. The number of hydrogen-bond acceptors (Lipinski definition) is 3. The third-order valence-corrected chi connectivity index (χ3v) is 3.32. The Labute approximate surface area is 128 Å². The lowest BCUT2D eigenvalue weighted by molar-refractivity contribution is -0.137. The zero-order chi connectivity index (χ0) is 15.4. The van der Waals surface area contributed by atoms with E-state index in [1.54, 1.807) is 13.3 Å². The van der Waals surface area contributed by atoms with Crippen LogP contribution in [0.2, 0.25) is 0 Å². The number of fused-ring (bicyclic) bond motifs is 1. The van der Waals surface area contributed by atoms with Crippen LogP contribution in [0.4, 0.5) is 0 Å². The number of nitrogens with zero attached hydrogens (tertiary/aromatic N) is 2. The van der Waals surface area contributed by atoms with E-state index >= 15 is 0 Å². The molecule has 0 aliphatic rings. The van der Waals surface area contributed by atoms with Gasteiger partial charge in [-0.3, -0.25) is 4.57 Å². The molecule has 4 heteroatoms. The van der Waals surface area contributed by atoms with E-state index in [9.17, 15) is 4.79 Å². The van der Waals surface area contributed by atoms with Gasteiger partial charge in [-0.1, -0.05) is 42.5 Å². The van der Waals surface area contributed by atoms with Gasteiger partial charge in [0.05, 0.1) is 23.3 Å². The Morgan fingerprint density at radius 2 is 1.86 bits per heavy atom. The molecular formula is C18H16N2O2. The average molecular weight is 292 g/mol. The molecule has 0 N–H and O–H groups in total. The van der Waals surface area contributed by atoms with Crippen molar-refractivity contribution in [2.24, 2.45) is 0 Å². The van der Waals surface area contributed by atoms with Crippen molar-refractivity contribution in [3.05, 3.63) is 72.6 Å². The Balaban J connectivity index is 2.15. The Bertz CT molecular complexity index is 819. The average Bonchev–Trinajstić information content (AvgIpc) is 2.98. The SMILES string of the molecule is CCOC(=O)/C=C(/c1ccccc1)n1cnc2ccccc21. The van der Waals surface area contributed by atoms with Crippen LogP contribution in [-0.4, -0.2) is 22.1 Å². The van der Waals surface area contributed by atoms with Crippen molar-refractivity contribution in [1.82, 2.24) is 9.55 Å². The fourth-order valence-corrected chi connectivity index (χ4v) is 2.35. The molecule has 0 saturated heterocycles. The van der Waals surface area contributed by atoms with Gasteiger partial charge in [0.2, 0.25) is 0 Å². The number of esters is 1. The third-order valence-electron chi connectivity index (χ3n) is 3.32. The first kappa shape index (κ1) is 14.1. The smallest absolute Gasteiger partial charge is 0.332 e. The molecule has 0 radical (unpaired) electrons. The van der Waals surface area contributed by atoms with Crippen LogP contribution in [0, 0.1) is 0 Å². The summed E-state index contributed by atoms with van der Waals surface area (Å²) in [5.74, 6) is -0.362. The van der Waals surface area contributed by atoms with E-state index in [1.807, 2.05) is 59.2 Å². The number of hydrogen-bond donors (Lipinski definition) is 0. The molecule has 110 valence electrons. The normalized spacial score (nSPS) is 11.6. The van der Waals surface area contributed by atoms with Crippen LogP contribution in [0.5, 0.6) is 0 Å². The van der Waals surface area contributed by atoms with Crippen LogP contribution >= 0.6 is 0 Å². The van der Waals surface area contributed by atoms with Gasteiger partial charge in [0.1, 0.15) is 6.33 Å². The number of rotatable bonds is 4. The molecule has 0 fully saturated rings. The van der Waals surface area contributed by atoms with Gasteiger partial charge in [-0.25, -0.2) is 9.78 Å². The molecule has 0 saturated carbocycles. The molecule has 22 heavy (non-hydrogen) atoms. The third kappa shape index (κ3) is 2.76. The highest BCUT2D eigenvalue weighted by molar-refractivity contribution is 5.93. The van der Waals surface area contributed by atoms with E-state index in [0.717, 1.165) is 22.3 Å². The quantitative estimate of drug-likeness (QED) is 0.546. The first-order valence-corrected chi connectivity index (χ1v) is 7.16. The van der Waals surface area contributed by atoms with Crippen molar-refractivity contribution in [2.75, 3.05) is 6.61 Å². The standard InChI is InChI=1S/C18H16N2O2/c1-2-22-18(21)12-17(14-8-4-3-5-9-14)20-13-19-15-10-6-7-11-16(15)20/h3-13H,2H2,1H3/b17-12-. The van der Waals surface area contributed by atoms with Crippen molar-refractivity contribution in [2.45, 2.75) is 6.92 Å². The van der Waals surface area contributed by atoms with E-state index in [4.69, 9.17) is 4.74 Å². The van der Waals surface area contributed by atoms with E-state index in [2.05, 4.69) is 4.98 Å². The van der Waals surface area contributed by atoms with Crippen molar-refractivity contribution in [1.29, 1.82) is 0 Å². The molecular weight excluding hydrogens is 276 g/mol. The summed E-state index contributed by atoms with van der Waals surface area (Å²) in [7, 11) is 0. The zero-order valence-electron chi connectivity index (χ0n) is 12.3. The van der Waals surface area contributed by atoms with Crippen LogP contribution in [0.3, 0.4) is 0 Å². The minimum atomic E-state index is -0.362. The molecule has 0 aliphatic heterocycles. The summed E-state index contributed by atoms with van der Waals surface area (Å²) in [5.41, 5.74) is 3.50. The minimum Gasteiger partial charge on any atom is -0.463 e. The van der Waals surface area contributed by atoms with Gasteiger partial charge in [0.25, 0.3) is 0 Å². The fourth-order valence-electron chi connectivity index (χ4n) is 2.35. The number of carbonyl (C=O) groups excluding carboxylic acids is 1. The summed E-state index contributed by atoms with van der Waals surface area (Å²) in [4.78, 5) is 16.3. The maximum atomic E-state index is 11.9. The first-order chi connectivity index (χ1) is 10.8. The van der Waals surface area contributed by atoms with Gasteiger partial charge in [0.15, 0.2) is 0 Å². The second-order valence-corrected chi connectivity index (χ2v) is 4.75. The van der Waals surface area contributed by atoms with E-state index in [1.165, 1.54) is 6.08 Å². The second kappa shape index (κ2) is 6.26. The molecule has 0 aliphatic carbocycles. The summed E-state index contributed by atoms with van der Waals surface area (Å²) in [6, 6.07) is 17.5. The number of ether oxygens (including phenoxy) is 1. The second-order valence-electron chi connectivity index (χ2n) is 4.75. The predicted octanol–water partition coefficient (Wildman–Crippen LogP) is 3.49. The van der Waals surface area contributed by atoms with Crippen molar-refractivity contribution in [3.8, 4) is 0 Å². The van der Waals surface area contributed by atoms with Crippen molar-refractivity contribution in [3.63, 3.8) is 0 Å². The summed E-state index contributed by atoms with van der Waals surface area (Å²) in [5, 5.41) is 0. The number of benzene rings is 2. The molecule has 0 unspecified atom stereocenters. The summed E-state index contributed by atoms with van der Waals surface area (Å²) >= 11 is 0. The maximum absolute atomic E-state index is 11.9. The fraction of sp³-hybridized carbons (Fsp3) is 0.111. The largest absolute Gasteiger partial charge is 0.463 e. The van der Waals surface area contributed by atoms with Crippen molar-refractivity contribution < 1.29 is 9.53 Å². The van der Waals surface area contributed by atoms with E-state index in [-0.39, 0.29) is 5.97 Å². The maximum Gasteiger partial charge on any atom is 0.332 e. The lowest BCUT2D eigenvalue weighted by Gasteiger charge is -2.10. The van der Waals surface area contributed by atoms with Crippen LogP contribution < -0.4 is 0 Å². The van der Waals surface area contributed by atoms with Crippen LogP contribution in [0.1, 0.15) is 12.5 Å². The van der Waals surface area contributed by atoms with Gasteiger partial charge in [-0.15, -0.1) is 0 Å². The summed E-state index contributed by atoms with van der Waals surface area (Å²) in [6.45, 7) is 2.14. The highest BCUT2D eigenvalue weighted by Gasteiger charge is 2.11.